The summed E-state index contributed by atoms with van der Waals surface area (Å²) in [5.74, 6) is 0.212. The van der Waals surface area contributed by atoms with E-state index in [0.717, 1.165) is 11.1 Å². The molecule has 2 amide bonds. The van der Waals surface area contributed by atoms with Gasteiger partial charge in [0, 0.05) is 61.8 Å². The molecule has 2 atom stereocenters. The Kier molecular flexibility index (Phi) is 6.58. The number of fused-ring (bicyclic) bond motifs is 1. The van der Waals surface area contributed by atoms with Crippen LogP contribution in [0.2, 0.25) is 5.02 Å². The average Bonchev–Trinajstić information content (AvgIpc) is 3.14. The zero-order valence-electron chi connectivity index (χ0n) is 16.9. The van der Waals surface area contributed by atoms with Crippen LogP contribution in [-0.2, 0) is 17.7 Å². The lowest BCUT2D eigenvalue weighted by Crippen LogP contribution is -2.44. The minimum atomic E-state index is -0.319. The fourth-order valence-electron chi connectivity index (χ4n) is 3.83. The van der Waals surface area contributed by atoms with E-state index in [4.69, 9.17) is 21.1 Å². The number of carbonyl (C=O) groups is 2. The first-order valence-electron chi connectivity index (χ1n) is 10.3. The Morgan fingerprint density at radius 3 is 2.94 bits per heavy atom. The molecule has 2 N–H and O–H groups in total. The maximum Gasteiger partial charge on any atom is 0.410 e. The minimum Gasteiger partial charge on any atom is -0.490 e. The minimum absolute atomic E-state index is 0.0107. The fraction of sp³-hybridized carbons (Fsp3) is 0.409. The zero-order valence-corrected chi connectivity index (χ0v) is 17.7. The van der Waals surface area contributed by atoms with Crippen molar-refractivity contribution in [2.24, 2.45) is 0 Å². The molecule has 164 valence electrons. The smallest absolute Gasteiger partial charge is 0.410 e. The first-order valence-corrected chi connectivity index (χ1v) is 10.6. The topological polar surface area (TPSA) is 101 Å². The molecule has 31 heavy (non-hydrogen) atoms. The van der Waals surface area contributed by atoms with Gasteiger partial charge in [0.05, 0.1) is 6.04 Å². The van der Waals surface area contributed by atoms with Crippen molar-refractivity contribution in [1.29, 1.82) is 0 Å². The normalized spacial score (nSPS) is 20.2. The molecule has 0 bridgehead atoms. The second kappa shape index (κ2) is 9.53. The Hall–Kier alpha value is -2.84. The van der Waals surface area contributed by atoms with Gasteiger partial charge in [-0.05, 0) is 17.7 Å². The molecule has 1 aromatic heterocycles. The van der Waals surface area contributed by atoms with Crippen molar-refractivity contribution in [3.63, 3.8) is 0 Å². The number of cyclic esters (lactones) is 1. The third kappa shape index (κ3) is 5.08. The van der Waals surface area contributed by atoms with Gasteiger partial charge >= 0.3 is 6.09 Å². The molecule has 2 fully saturated rings. The van der Waals surface area contributed by atoms with Crippen LogP contribution >= 0.6 is 11.6 Å². The molecule has 0 saturated carbocycles. The number of halogens is 1. The van der Waals surface area contributed by atoms with E-state index in [0.29, 0.717) is 49.7 Å². The lowest BCUT2D eigenvalue weighted by Gasteiger charge is -2.33. The van der Waals surface area contributed by atoms with Crippen LogP contribution in [0.25, 0.3) is 0 Å². The van der Waals surface area contributed by atoms with Crippen LogP contribution < -0.4 is 10.1 Å². The Morgan fingerprint density at radius 1 is 1.35 bits per heavy atom. The number of aliphatic hydroxyl groups is 1. The van der Waals surface area contributed by atoms with Gasteiger partial charge in [-0.1, -0.05) is 23.7 Å². The highest BCUT2D eigenvalue weighted by atomic mass is 35.5. The van der Waals surface area contributed by atoms with Crippen LogP contribution in [0.5, 0.6) is 5.75 Å². The summed E-state index contributed by atoms with van der Waals surface area (Å²) in [5, 5.41) is 12.9. The number of aliphatic hydroxyl groups excluding tert-OH is 1. The van der Waals surface area contributed by atoms with Gasteiger partial charge < -0.3 is 24.8 Å². The zero-order chi connectivity index (χ0) is 21.8. The molecular formula is C22H24ClN3O5. The number of hydrogen-bond donors (Lipinski definition) is 2. The van der Waals surface area contributed by atoms with Crippen molar-refractivity contribution in [3.8, 4) is 5.75 Å². The second-order valence-corrected chi connectivity index (χ2v) is 8.08. The fourth-order valence-corrected chi connectivity index (χ4v) is 3.96. The number of nitrogens with one attached hydrogen (secondary N) is 1. The number of benzene rings is 1. The summed E-state index contributed by atoms with van der Waals surface area (Å²) in [7, 11) is 0. The quantitative estimate of drug-likeness (QED) is 0.679. The Bertz CT molecular complexity index is 953. The number of rotatable bonds is 7. The highest BCUT2D eigenvalue weighted by molar-refractivity contribution is 6.30. The van der Waals surface area contributed by atoms with Gasteiger partial charge in [-0.2, -0.15) is 0 Å². The third-order valence-corrected chi connectivity index (χ3v) is 5.77. The van der Waals surface area contributed by atoms with E-state index >= 15 is 0 Å². The molecule has 0 unspecified atom stereocenters. The van der Waals surface area contributed by atoms with Crippen molar-refractivity contribution in [1.82, 2.24) is 15.2 Å². The molecule has 4 rings (SSSR count). The van der Waals surface area contributed by atoms with Gasteiger partial charge in [-0.25, -0.2) is 4.79 Å². The lowest BCUT2D eigenvalue weighted by atomic mass is 10.0. The molecule has 2 aliphatic rings. The van der Waals surface area contributed by atoms with Gasteiger partial charge in [0.1, 0.15) is 24.2 Å². The molecule has 8 nitrogen and oxygen atoms in total. The number of aromatic nitrogens is 1. The van der Waals surface area contributed by atoms with Crippen molar-refractivity contribution >= 4 is 23.6 Å². The van der Waals surface area contributed by atoms with E-state index in [2.05, 4.69) is 10.3 Å². The van der Waals surface area contributed by atoms with Gasteiger partial charge in [-0.3, -0.25) is 9.78 Å². The van der Waals surface area contributed by atoms with Crippen molar-refractivity contribution < 1.29 is 24.2 Å². The first-order chi connectivity index (χ1) is 15.0. The number of carbonyl (C=O) groups excluding carboxylic acids is 2. The predicted octanol–water partition coefficient (Wildman–Crippen LogP) is 2.56. The third-order valence-electron chi connectivity index (χ3n) is 5.52. The molecule has 0 radical (unpaired) electrons. The van der Waals surface area contributed by atoms with Gasteiger partial charge in [0.25, 0.3) is 5.91 Å². The van der Waals surface area contributed by atoms with Crippen molar-refractivity contribution in [2.75, 3.05) is 19.8 Å². The summed E-state index contributed by atoms with van der Waals surface area (Å²) >= 11 is 5.89. The first kappa shape index (κ1) is 21.4. The van der Waals surface area contributed by atoms with Crippen molar-refractivity contribution in [2.45, 2.75) is 38.0 Å². The standard InChI is InChI=1S/C22H24ClN3O5/c23-16-3-1-14(2-4-16)11-25-21(28)19-10-20(15(6-8-27)12-24-19)31-18-5-7-26-17(9-18)13-30-22(26)29/h1-4,10,12,17-18,27H,5-9,11,13H2,(H,25,28)/t17-,18-/m0/s1. The van der Waals surface area contributed by atoms with Crippen LogP contribution in [0.4, 0.5) is 4.79 Å². The highest BCUT2D eigenvalue weighted by Crippen LogP contribution is 2.29. The number of amides is 2. The number of piperidine rings is 1. The van der Waals surface area contributed by atoms with Crippen LogP contribution in [0.1, 0.15) is 34.5 Å². The van der Waals surface area contributed by atoms with E-state index in [-0.39, 0.29) is 36.4 Å². The molecule has 9 heteroatoms. The SMILES string of the molecule is O=C(NCc1ccc(Cl)cc1)c1cc(O[C@H]2CCN3C(=O)OC[C@@H]3C2)c(CCO)cn1. The van der Waals surface area contributed by atoms with Gasteiger partial charge in [-0.15, -0.1) is 0 Å². The molecule has 1 aromatic carbocycles. The van der Waals surface area contributed by atoms with E-state index < -0.39 is 0 Å². The van der Waals surface area contributed by atoms with Crippen LogP contribution in [-0.4, -0.2) is 58.9 Å². The maximum absolute atomic E-state index is 12.6. The van der Waals surface area contributed by atoms with Crippen LogP contribution in [0, 0.1) is 0 Å². The maximum atomic E-state index is 12.6. The number of pyridine rings is 1. The number of ether oxygens (including phenoxy) is 2. The van der Waals surface area contributed by atoms with Gasteiger partial charge in [0.2, 0.25) is 0 Å². The van der Waals surface area contributed by atoms with Crippen molar-refractivity contribution in [3.05, 3.63) is 58.4 Å². The molecule has 2 aromatic rings. The van der Waals surface area contributed by atoms with Gasteiger partial charge in [0.15, 0.2) is 0 Å². The molecule has 2 aliphatic heterocycles. The number of hydrogen-bond acceptors (Lipinski definition) is 6. The summed E-state index contributed by atoms with van der Waals surface area (Å²) in [4.78, 5) is 30.3. The number of nitrogens with zero attached hydrogens (tertiary/aromatic N) is 2. The average molecular weight is 446 g/mol. The molecule has 0 aliphatic carbocycles. The van der Waals surface area contributed by atoms with E-state index in [1.54, 1.807) is 29.3 Å². The largest absolute Gasteiger partial charge is 0.490 e. The van der Waals surface area contributed by atoms with Crippen LogP contribution in [0.15, 0.2) is 36.5 Å². The lowest BCUT2D eigenvalue weighted by molar-refractivity contribution is 0.0905. The summed E-state index contributed by atoms with van der Waals surface area (Å²) in [6.07, 6.45) is 2.89. The van der Waals surface area contributed by atoms with E-state index in [1.807, 2.05) is 12.1 Å². The summed E-state index contributed by atoms with van der Waals surface area (Å²) in [6.45, 7) is 1.24. The van der Waals surface area contributed by atoms with Crippen LogP contribution in [0.3, 0.4) is 0 Å². The molecular weight excluding hydrogens is 422 g/mol. The molecule has 0 spiro atoms. The second-order valence-electron chi connectivity index (χ2n) is 7.65. The molecule has 3 heterocycles. The Labute approximate surface area is 185 Å². The molecule has 2 saturated heterocycles. The summed E-state index contributed by atoms with van der Waals surface area (Å²) in [6, 6.07) is 8.86. The van der Waals surface area contributed by atoms with E-state index in [9.17, 15) is 14.7 Å². The summed E-state index contributed by atoms with van der Waals surface area (Å²) in [5.41, 5.74) is 1.90. The van der Waals surface area contributed by atoms with E-state index in [1.165, 1.54) is 0 Å². The Morgan fingerprint density at radius 2 is 2.16 bits per heavy atom. The summed E-state index contributed by atoms with van der Waals surface area (Å²) < 4.78 is 11.3. The highest BCUT2D eigenvalue weighted by Gasteiger charge is 2.39. The monoisotopic (exact) mass is 445 g/mol. The predicted molar refractivity (Wildman–Crippen MR) is 113 cm³/mol. The Balaban J connectivity index is 1.43.